The fraction of sp³-hybridized carbons (Fsp3) is 0.727. The zero-order valence-corrected chi connectivity index (χ0v) is 8.95. The highest BCUT2D eigenvalue weighted by molar-refractivity contribution is 4.96. The molecular weight excluding hydrogens is 190 g/mol. The molecule has 1 saturated carbocycles. The van der Waals surface area contributed by atoms with E-state index in [1.165, 1.54) is 6.42 Å². The monoisotopic (exact) mass is 209 g/mol. The molecule has 1 aliphatic carbocycles. The topological polar surface area (TPSA) is 60.9 Å². The SMILES string of the molecule is OC1CCCC(CNCc2ccn[nH]2)C1. The Labute approximate surface area is 90.1 Å². The molecule has 84 valence electrons. The lowest BCUT2D eigenvalue weighted by atomic mass is 9.87. The number of hydrogen-bond acceptors (Lipinski definition) is 3. The van der Waals surface area contributed by atoms with Gasteiger partial charge in [0.15, 0.2) is 0 Å². The molecule has 4 heteroatoms. The van der Waals surface area contributed by atoms with Gasteiger partial charge >= 0.3 is 0 Å². The lowest BCUT2D eigenvalue weighted by molar-refractivity contribution is 0.101. The number of aliphatic hydroxyl groups excluding tert-OH is 1. The van der Waals surface area contributed by atoms with Gasteiger partial charge in [0.1, 0.15) is 0 Å². The van der Waals surface area contributed by atoms with E-state index >= 15 is 0 Å². The minimum atomic E-state index is -0.0716. The maximum Gasteiger partial charge on any atom is 0.0543 e. The number of H-pyrrole nitrogens is 1. The lowest BCUT2D eigenvalue weighted by Crippen LogP contribution is -2.28. The highest BCUT2D eigenvalue weighted by atomic mass is 16.3. The van der Waals surface area contributed by atoms with E-state index in [0.29, 0.717) is 5.92 Å². The minimum absolute atomic E-state index is 0.0716. The standard InChI is InChI=1S/C11H19N3O/c15-11-3-1-2-9(6-11)7-12-8-10-4-5-13-14-10/h4-5,9,11-12,15H,1-3,6-8H2,(H,13,14). The number of nitrogens with one attached hydrogen (secondary N) is 2. The molecule has 0 aromatic carbocycles. The molecule has 0 saturated heterocycles. The van der Waals surface area contributed by atoms with E-state index in [-0.39, 0.29) is 6.10 Å². The van der Waals surface area contributed by atoms with Crippen LogP contribution in [-0.2, 0) is 6.54 Å². The summed E-state index contributed by atoms with van der Waals surface area (Å²) in [5.41, 5.74) is 1.12. The van der Waals surface area contributed by atoms with E-state index in [4.69, 9.17) is 0 Å². The first-order valence-corrected chi connectivity index (χ1v) is 5.71. The van der Waals surface area contributed by atoms with Crippen LogP contribution in [0.15, 0.2) is 12.3 Å². The molecular formula is C11H19N3O. The van der Waals surface area contributed by atoms with Crippen LogP contribution in [-0.4, -0.2) is 28.0 Å². The number of rotatable bonds is 4. The van der Waals surface area contributed by atoms with Crippen molar-refractivity contribution in [1.29, 1.82) is 0 Å². The normalized spacial score (nSPS) is 26.7. The molecule has 2 atom stereocenters. The largest absolute Gasteiger partial charge is 0.393 e. The molecule has 0 spiro atoms. The van der Waals surface area contributed by atoms with Gasteiger partial charge < -0.3 is 10.4 Å². The van der Waals surface area contributed by atoms with E-state index in [2.05, 4.69) is 15.5 Å². The summed E-state index contributed by atoms with van der Waals surface area (Å²) in [5.74, 6) is 0.636. The summed E-state index contributed by atoms with van der Waals surface area (Å²) in [7, 11) is 0. The summed E-state index contributed by atoms with van der Waals surface area (Å²) in [6, 6.07) is 1.97. The van der Waals surface area contributed by atoms with E-state index in [1.807, 2.05) is 6.07 Å². The third-order valence-electron chi connectivity index (χ3n) is 3.06. The molecule has 1 heterocycles. The number of nitrogens with zero attached hydrogens (tertiary/aromatic N) is 1. The average molecular weight is 209 g/mol. The van der Waals surface area contributed by atoms with Crippen molar-refractivity contribution in [1.82, 2.24) is 15.5 Å². The molecule has 15 heavy (non-hydrogen) atoms. The number of hydrogen-bond donors (Lipinski definition) is 3. The van der Waals surface area contributed by atoms with E-state index in [0.717, 1.165) is 38.0 Å². The third-order valence-corrected chi connectivity index (χ3v) is 3.06. The Balaban J connectivity index is 1.65. The van der Waals surface area contributed by atoms with Crippen molar-refractivity contribution >= 4 is 0 Å². The molecule has 0 aliphatic heterocycles. The lowest BCUT2D eigenvalue weighted by Gasteiger charge is -2.25. The van der Waals surface area contributed by atoms with Crippen molar-refractivity contribution in [2.75, 3.05) is 6.54 Å². The fourth-order valence-electron chi connectivity index (χ4n) is 2.24. The Bertz CT molecular complexity index is 273. The van der Waals surface area contributed by atoms with Gasteiger partial charge in [0, 0.05) is 18.4 Å². The molecule has 0 amide bonds. The number of aromatic amines is 1. The predicted octanol–water partition coefficient (Wildman–Crippen LogP) is 1.05. The van der Waals surface area contributed by atoms with Crippen LogP contribution in [0, 0.1) is 5.92 Å². The fourth-order valence-corrected chi connectivity index (χ4v) is 2.24. The van der Waals surface area contributed by atoms with Crippen LogP contribution in [0.4, 0.5) is 0 Å². The highest BCUT2D eigenvalue weighted by Crippen LogP contribution is 2.23. The molecule has 3 N–H and O–H groups in total. The summed E-state index contributed by atoms with van der Waals surface area (Å²) in [5, 5.41) is 19.7. The van der Waals surface area contributed by atoms with E-state index in [1.54, 1.807) is 6.20 Å². The van der Waals surface area contributed by atoms with Crippen LogP contribution in [0.1, 0.15) is 31.4 Å². The van der Waals surface area contributed by atoms with Crippen LogP contribution in [0.2, 0.25) is 0 Å². The van der Waals surface area contributed by atoms with Gasteiger partial charge in [-0.1, -0.05) is 6.42 Å². The molecule has 0 bridgehead atoms. The molecule has 4 nitrogen and oxygen atoms in total. The number of aliphatic hydroxyl groups is 1. The summed E-state index contributed by atoms with van der Waals surface area (Å²) in [6.07, 6.45) is 6.04. The van der Waals surface area contributed by atoms with Crippen LogP contribution in [0.5, 0.6) is 0 Å². The maximum atomic E-state index is 9.52. The van der Waals surface area contributed by atoms with Gasteiger partial charge in [-0.25, -0.2) is 0 Å². The minimum Gasteiger partial charge on any atom is -0.393 e. The Morgan fingerprint density at radius 1 is 1.53 bits per heavy atom. The number of aromatic nitrogens is 2. The van der Waals surface area contributed by atoms with Gasteiger partial charge in [-0.15, -0.1) is 0 Å². The molecule has 1 aromatic rings. The van der Waals surface area contributed by atoms with Crippen molar-refractivity contribution in [3.63, 3.8) is 0 Å². The maximum absolute atomic E-state index is 9.52. The zero-order valence-electron chi connectivity index (χ0n) is 8.95. The first-order valence-electron chi connectivity index (χ1n) is 5.71. The molecule has 0 radical (unpaired) electrons. The van der Waals surface area contributed by atoms with Gasteiger partial charge in [-0.3, -0.25) is 5.10 Å². The zero-order chi connectivity index (χ0) is 10.5. The van der Waals surface area contributed by atoms with Crippen molar-refractivity contribution in [2.24, 2.45) is 5.92 Å². The summed E-state index contributed by atoms with van der Waals surface area (Å²) in [4.78, 5) is 0. The molecule has 1 fully saturated rings. The Morgan fingerprint density at radius 3 is 3.20 bits per heavy atom. The Morgan fingerprint density at radius 2 is 2.47 bits per heavy atom. The molecule has 1 aromatic heterocycles. The van der Waals surface area contributed by atoms with Crippen molar-refractivity contribution in [3.8, 4) is 0 Å². The Kier molecular flexibility index (Phi) is 3.75. The van der Waals surface area contributed by atoms with Gasteiger partial charge in [0.25, 0.3) is 0 Å². The molecule has 2 rings (SSSR count). The summed E-state index contributed by atoms with van der Waals surface area (Å²) >= 11 is 0. The molecule has 1 aliphatic rings. The van der Waals surface area contributed by atoms with Crippen molar-refractivity contribution in [3.05, 3.63) is 18.0 Å². The summed E-state index contributed by atoms with van der Waals surface area (Å²) in [6.45, 7) is 1.84. The Hall–Kier alpha value is -0.870. The third kappa shape index (κ3) is 3.32. The molecule has 2 unspecified atom stereocenters. The quantitative estimate of drug-likeness (QED) is 0.694. The second-order valence-electron chi connectivity index (χ2n) is 4.40. The van der Waals surface area contributed by atoms with E-state index < -0.39 is 0 Å². The van der Waals surface area contributed by atoms with Crippen molar-refractivity contribution in [2.45, 2.75) is 38.3 Å². The van der Waals surface area contributed by atoms with E-state index in [9.17, 15) is 5.11 Å². The predicted molar refractivity (Wildman–Crippen MR) is 58.3 cm³/mol. The second kappa shape index (κ2) is 5.28. The van der Waals surface area contributed by atoms with Crippen LogP contribution in [0.3, 0.4) is 0 Å². The van der Waals surface area contributed by atoms with Crippen LogP contribution < -0.4 is 5.32 Å². The van der Waals surface area contributed by atoms with Gasteiger partial charge in [0.05, 0.1) is 6.10 Å². The highest BCUT2D eigenvalue weighted by Gasteiger charge is 2.19. The first kappa shape index (κ1) is 10.6. The van der Waals surface area contributed by atoms with Gasteiger partial charge in [-0.2, -0.15) is 5.10 Å². The van der Waals surface area contributed by atoms with Gasteiger partial charge in [-0.05, 0) is 37.8 Å². The summed E-state index contributed by atoms with van der Waals surface area (Å²) < 4.78 is 0. The smallest absolute Gasteiger partial charge is 0.0543 e. The average Bonchev–Trinajstić information content (AvgIpc) is 2.71. The second-order valence-corrected chi connectivity index (χ2v) is 4.40. The van der Waals surface area contributed by atoms with Crippen LogP contribution >= 0.6 is 0 Å². The van der Waals surface area contributed by atoms with Gasteiger partial charge in [0.2, 0.25) is 0 Å². The first-order chi connectivity index (χ1) is 7.34. The van der Waals surface area contributed by atoms with Crippen molar-refractivity contribution < 1.29 is 5.11 Å². The van der Waals surface area contributed by atoms with Crippen LogP contribution in [0.25, 0.3) is 0 Å².